The number of carbonyl (C=O) groups excluding carboxylic acids is 1. The number of amides is 1. The molecule has 2 N–H and O–H groups in total. The highest BCUT2D eigenvalue weighted by Gasteiger charge is 2.16. The van der Waals surface area contributed by atoms with Gasteiger partial charge in [-0.15, -0.1) is 0 Å². The topological polar surface area (TPSA) is 55.6 Å². The SMILES string of the molecule is CCOc1ccc(C(=O)N(C)CC(F)F)cc1N. The number of halogens is 2. The monoisotopic (exact) mass is 258 g/mol. The lowest BCUT2D eigenvalue weighted by Crippen LogP contribution is -2.31. The highest BCUT2D eigenvalue weighted by atomic mass is 19.3. The van der Waals surface area contributed by atoms with Gasteiger partial charge in [0.2, 0.25) is 0 Å². The van der Waals surface area contributed by atoms with Crippen molar-refractivity contribution in [2.45, 2.75) is 13.3 Å². The van der Waals surface area contributed by atoms with Gasteiger partial charge >= 0.3 is 0 Å². The second-order valence-electron chi connectivity index (χ2n) is 3.76. The summed E-state index contributed by atoms with van der Waals surface area (Å²) in [5, 5.41) is 0. The Balaban J connectivity index is 2.84. The Morgan fingerprint density at radius 3 is 2.67 bits per heavy atom. The smallest absolute Gasteiger partial charge is 0.255 e. The van der Waals surface area contributed by atoms with Crippen molar-refractivity contribution in [2.75, 3.05) is 25.9 Å². The summed E-state index contributed by atoms with van der Waals surface area (Å²) < 4.78 is 29.6. The average molecular weight is 258 g/mol. The zero-order valence-corrected chi connectivity index (χ0v) is 10.3. The van der Waals surface area contributed by atoms with E-state index in [0.717, 1.165) is 4.90 Å². The third kappa shape index (κ3) is 3.58. The normalized spacial score (nSPS) is 10.5. The Hall–Kier alpha value is -1.85. The van der Waals surface area contributed by atoms with E-state index in [2.05, 4.69) is 0 Å². The molecule has 0 aliphatic heterocycles. The Labute approximate surface area is 104 Å². The summed E-state index contributed by atoms with van der Waals surface area (Å²) >= 11 is 0. The lowest BCUT2D eigenvalue weighted by molar-refractivity contribution is 0.0620. The summed E-state index contributed by atoms with van der Waals surface area (Å²) in [5.74, 6) is -0.0180. The van der Waals surface area contributed by atoms with Gasteiger partial charge in [-0.1, -0.05) is 0 Å². The zero-order valence-electron chi connectivity index (χ0n) is 10.3. The number of alkyl halides is 2. The van der Waals surface area contributed by atoms with E-state index in [1.165, 1.54) is 19.2 Å². The van der Waals surface area contributed by atoms with Gasteiger partial charge in [-0.3, -0.25) is 4.79 Å². The molecule has 0 bridgehead atoms. The van der Waals surface area contributed by atoms with E-state index in [1.807, 2.05) is 6.92 Å². The number of carbonyl (C=O) groups is 1. The second kappa shape index (κ2) is 6.18. The minimum atomic E-state index is -2.56. The Bertz CT molecular complexity index is 425. The fourth-order valence-corrected chi connectivity index (χ4v) is 1.48. The largest absolute Gasteiger partial charge is 0.492 e. The van der Waals surface area contributed by atoms with E-state index < -0.39 is 18.9 Å². The third-order valence-corrected chi connectivity index (χ3v) is 2.32. The molecule has 1 aromatic rings. The Morgan fingerprint density at radius 2 is 2.17 bits per heavy atom. The highest BCUT2D eigenvalue weighted by molar-refractivity contribution is 5.95. The summed E-state index contributed by atoms with van der Waals surface area (Å²) in [6, 6.07) is 4.49. The molecule has 0 radical (unpaired) electrons. The maximum atomic E-state index is 12.2. The number of ether oxygens (including phenoxy) is 1. The third-order valence-electron chi connectivity index (χ3n) is 2.32. The van der Waals surface area contributed by atoms with Crippen LogP contribution >= 0.6 is 0 Å². The molecule has 0 fully saturated rings. The minimum absolute atomic E-state index is 0.263. The predicted molar refractivity (Wildman–Crippen MR) is 65.0 cm³/mol. The van der Waals surface area contributed by atoms with Crippen molar-refractivity contribution < 1.29 is 18.3 Å². The molecule has 6 heteroatoms. The Morgan fingerprint density at radius 1 is 1.50 bits per heavy atom. The van der Waals surface area contributed by atoms with Crippen LogP contribution in [-0.4, -0.2) is 37.4 Å². The van der Waals surface area contributed by atoms with Crippen molar-refractivity contribution in [1.29, 1.82) is 0 Å². The van der Waals surface area contributed by atoms with Crippen LogP contribution in [0.4, 0.5) is 14.5 Å². The van der Waals surface area contributed by atoms with Crippen molar-refractivity contribution in [3.8, 4) is 5.75 Å². The van der Waals surface area contributed by atoms with Crippen LogP contribution in [-0.2, 0) is 0 Å². The van der Waals surface area contributed by atoms with Crippen LogP contribution in [0.15, 0.2) is 18.2 Å². The number of nitrogens with zero attached hydrogens (tertiary/aromatic N) is 1. The van der Waals surface area contributed by atoms with Crippen LogP contribution in [0.5, 0.6) is 5.75 Å². The first-order valence-electron chi connectivity index (χ1n) is 5.51. The molecule has 0 unspecified atom stereocenters. The molecule has 0 heterocycles. The highest BCUT2D eigenvalue weighted by Crippen LogP contribution is 2.23. The van der Waals surface area contributed by atoms with Gasteiger partial charge in [0.25, 0.3) is 12.3 Å². The number of benzene rings is 1. The van der Waals surface area contributed by atoms with E-state index >= 15 is 0 Å². The molecule has 1 amide bonds. The van der Waals surface area contributed by atoms with Crippen molar-refractivity contribution in [3.05, 3.63) is 23.8 Å². The van der Waals surface area contributed by atoms with Crippen LogP contribution in [0.1, 0.15) is 17.3 Å². The predicted octanol–water partition coefficient (Wildman–Crippen LogP) is 2.00. The minimum Gasteiger partial charge on any atom is -0.492 e. The first-order chi connectivity index (χ1) is 8.45. The van der Waals surface area contributed by atoms with E-state index in [-0.39, 0.29) is 5.56 Å². The molecule has 1 aromatic carbocycles. The van der Waals surface area contributed by atoms with Crippen LogP contribution in [0.2, 0.25) is 0 Å². The summed E-state index contributed by atoms with van der Waals surface area (Å²) in [6.07, 6.45) is -2.56. The van der Waals surface area contributed by atoms with Crippen molar-refractivity contribution in [2.24, 2.45) is 0 Å². The molecule has 0 aliphatic rings. The van der Waals surface area contributed by atoms with Crippen LogP contribution in [0.3, 0.4) is 0 Å². The maximum Gasteiger partial charge on any atom is 0.255 e. The van der Waals surface area contributed by atoms with E-state index in [1.54, 1.807) is 6.07 Å². The number of hydrogen-bond acceptors (Lipinski definition) is 3. The van der Waals surface area contributed by atoms with Gasteiger partial charge in [0, 0.05) is 12.6 Å². The molecule has 1 rings (SSSR count). The number of rotatable bonds is 5. The maximum absolute atomic E-state index is 12.2. The number of hydrogen-bond donors (Lipinski definition) is 1. The summed E-state index contributed by atoms with van der Waals surface area (Å²) in [4.78, 5) is 12.8. The van der Waals surface area contributed by atoms with Crippen molar-refractivity contribution in [1.82, 2.24) is 4.90 Å². The molecule has 0 aromatic heterocycles. The number of nitrogens with two attached hydrogens (primary N) is 1. The second-order valence-corrected chi connectivity index (χ2v) is 3.76. The van der Waals surface area contributed by atoms with Crippen molar-refractivity contribution >= 4 is 11.6 Å². The van der Waals surface area contributed by atoms with Gasteiger partial charge < -0.3 is 15.4 Å². The molecule has 0 spiro atoms. The van der Waals surface area contributed by atoms with Crippen LogP contribution in [0, 0.1) is 0 Å². The van der Waals surface area contributed by atoms with Crippen LogP contribution in [0.25, 0.3) is 0 Å². The Kier molecular flexibility index (Phi) is 4.88. The van der Waals surface area contributed by atoms with Gasteiger partial charge in [-0.05, 0) is 25.1 Å². The fourth-order valence-electron chi connectivity index (χ4n) is 1.48. The molecule has 18 heavy (non-hydrogen) atoms. The number of nitrogen functional groups attached to an aromatic ring is 1. The van der Waals surface area contributed by atoms with Crippen LogP contribution < -0.4 is 10.5 Å². The zero-order chi connectivity index (χ0) is 13.7. The first-order valence-corrected chi connectivity index (χ1v) is 5.51. The first kappa shape index (κ1) is 14.2. The number of anilines is 1. The van der Waals surface area contributed by atoms with Crippen molar-refractivity contribution in [3.63, 3.8) is 0 Å². The van der Waals surface area contributed by atoms with E-state index in [0.29, 0.717) is 18.0 Å². The quantitative estimate of drug-likeness (QED) is 0.822. The van der Waals surface area contributed by atoms with Gasteiger partial charge in [0.1, 0.15) is 5.75 Å². The fraction of sp³-hybridized carbons (Fsp3) is 0.417. The lowest BCUT2D eigenvalue weighted by atomic mass is 10.1. The summed E-state index contributed by atoms with van der Waals surface area (Å²) in [6.45, 7) is 1.67. The summed E-state index contributed by atoms with van der Waals surface area (Å²) in [5.41, 5.74) is 6.28. The standard InChI is InChI=1S/C12H16F2N2O2/c1-3-18-10-5-4-8(6-9(10)15)12(17)16(2)7-11(13)14/h4-6,11H,3,7,15H2,1-2H3. The van der Waals surface area contributed by atoms with Gasteiger partial charge in [0.15, 0.2) is 0 Å². The van der Waals surface area contributed by atoms with E-state index in [4.69, 9.17) is 10.5 Å². The molecular weight excluding hydrogens is 242 g/mol. The summed E-state index contributed by atoms with van der Waals surface area (Å²) in [7, 11) is 1.32. The molecule has 100 valence electrons. The molecular formula is C12H16F2N2O2. The lowest BCUT2D eigenvalue weighted by Gasteiger charge is -2.17. The average Bonchev–Trinajstić information content (AvgIpc) is 2.30. The van der Waals surface area contributed by atoms with E-state index in [9.17, 15) is 13.6 Å². The molecule has 0 saturated carbocycles. The van der Waals surface area contributed by atoms with Gasteiger partial charge in [0.05, 0.1) is 18.8 Å². The molecule has 0 aliphatic carbocycles. The van der Waals surface area contributed by atoms with Gasteiger partial charge in [-0.2, -0.15) is 0 Å². The molecule has 0 saturated heterocycles. The van der Waals surface area contributed by atoms with Gasteiger partial charge in [-0.25, -0.2) is 8.78 Å². The molecule has 4 nitrogen and oxygen atoms in total. The molecule has 0 atom stereocenters.